The van der Waals surface area contributed by atoms with Gasteiger partial charge in [0.2, 0.25) is 5.95 Å². The van der Waals surface area contributed by atoms with Crippen molar-refractivity contribution >= 4 is 17.6 Å². The number of fused-ring (bicyclic) bond motifs is 1. The zero-order chi connectivity index (χ0) is 16.2. The van der Waals surface area contributed by atoms with E-state index in [1.807, 2.05) is 25.1 Å². The van der Waals surface area contributed by atoms with E-state index in [1.165, 1.54) is 6.20 Å². The van der Waals surface area contributed by atoms with Crippen LogP contribution in [0.5, 0.6) is 5.75 Å². The molecule has 1 heterocycles. The molecule has 1 aliphatic carbocycles. The third kappa shape index (κ3) is 3.71. The zero-order valence-corrected chi connectivity index (χ0v) is 12.8. The van der Waals surface area contributed by atoms with E-state index in [1.54, 1.807) is 12.1 Å². The number of aromatic nitrogens is 2. The summed E-state index contributed by atoms with van der Waals surface area (Å²) in [5.74, 6) is 0.795. The van der Waals surface area contributed by atoms with Gasteiger partial charge in [0.1, 0.15) is 5.75 Å². The summed E-state index contributed by atoms with van der Waals surface area (Å²) in [6.07, 6.45) is 2.73. The second-order valence-corrected chi connectivity index (χ2v) is 5.64. The van der Waals surface area contributed by atoms with Gasteiger partial charge in [-0.3, -0.25) is 14.9 Å². The van der Waals surface area contributed by atoms with Crippen molar-refractivity contribution in [2.75, 3.05) is 11.9 Å². The van der Waals surface area contributed by atoms with Crippen LogP contribution in [0, 0.1) is 5.92 Å². The molecule has 1 aliphatic rings. The lowest BCUT2D eigenvalue weighted by Crippen LogP contribution is -2.24. The lowest BCUT2D eigenvalue weighted by Gasteiger charge is -2.19. The summed E-state index contributed by atoms with van der Waals surface area (Å²) >= 11 is 0. The zero-order valence-electron chi connectivity index (χ0n) is 12.8. The van der Waals surface area contributed by atoms with Crippen molar-refractivity contribution < 1.29 is 14.3 Å². The van der Waals surface area contributed by atoms with Crippen LogP contribution >= 0.6 is 0 Å². The van der Waals surface area contributed by atoms with Crippen LogP contribution in [0.3, 0.4) is 0 Å². The van der Waals surface area contributed by atoms with E-state index in [9.17, 15) is 9.59 Å². The maximum absolute atomic E-state index is 11.9. The summed E-state index contributed by atoms with van der Waals surface area (Å²) < 4.78 is 5.37. The van der Waals surface area contributed by atoms with E-state index in [0.29, 0.717) is 29.8 Å². The number of rotatable bonds is 4. The summed E-state index contributed by atoms with van der Waals surface area (Å²) in [5, 5.41) is 2.59. The Balaban J connectivity index is 1.63. The van der Waals surface area contributed by atoms with Crippen LogP contribution < -0.4 is 10.1 Å². The van der Waals surface area contributed by atoms with Gasteiger partial charge in [0.15, 0.2) is 12.4 Å². The molecule has 1 atom stereocenters. The van der Waals surface area contributed by atoms with Crippen LogP contribution in [0.15, 0.2) is 36.5 Å². The van der Waals surface area contributed by atoms with E-state index >= 15 is 0 Å². The Bertz CT molecular complexity index is 731. The Kier molecular flexibility index (Phi) is 4.32. The van der Waals surface area contributed by atoms with Crippen LogP contribution in [0.4, 0.5) is 5.95 Å². The van der Waals surface area contributed by atoms with E-state index in [-0.39, 0.29) is 30.2 Å². The number of carbonyl (C=O) groups excluding carboxylic acids is 2. The van der Waals surface area contributed by atoms with Gasteiger partial charge in [-0.05, 0) is 24.5 Å². The van der Waals surface area contributed by atoms with E-state index in [4.69, 9.17) is 4.74 Å². The highest BCUT2D eigenvalue weighted by molar-refractivity contribution is 5.98. The van der Waals surface area contributed by atoms with Gasteiger partial charge in [-0.15, -0.1) is 0 Å². The number of amides is 1. The maximum atomic E-state index is 11.9. The Labute approximate surface area is 133 Å². The molecule has 0 spiro atoms. The number of para-hydroxylation sites is 1. The lowest BCUT2D eigenvalue weighted by molar-refractivity contribution is -0.118. The molecule has 1 aromatic heterocycles. The van der Waals surface area contributed by atoms with E-state index in [0.717, 1.165) is 0 Å². The number of anilines is 1. The molecule has 6 nitrogen and oxygen atoms in total. The smallest absolute Gasteiger partial charge is 0.264 e. The molecule has 1 aromatic carbocycles. The van der Waals surface area contributed by atoms with Gasteiger partial charge in [0.25, 0.3) is 5.91 Å². The molecule has 0 saturated heterocycles. The monoisotopic (exact) mass is 311 g/mol. The number of hydrogen-bond donors (Lipinski definition) is 1. The molecular formula is C17H17N3O3. The van der Waals surface area contributed by atoms with Crippen LogP contribution in [0.1, 0.15) is 29.4 Å². The fourth-order valence-electron chi connectivity index (χ4n) is 2.52. The summed E-state index contributed by atoms with van der Waals surface area (Å²) in [6.45, 7) is 1.88. The van der Waals surface area contributed by atoms with Crippen molar-refractivity contribution in [1.82, 2.24) is 9.97 Å². The molecule has 0 aliphatic heterocycles. The minimum absolute atomic E-state index is 0.0593. The third-order valence-corrected chi connectivity index (χ3v) is 3.61. The number of nitrogens with one attached hydrogen (secondary N) is 1. The van der Waals surface area contributed by atoms with Crippen molar-refractivity contribution in [3.05, 3.63) is 47.8 Å². The fourth-order valence-corrected chi connectivity index (χ4v) is 2.52. The van der Waals surface area contributed by atoms with E-state index < -0.39 is 0 Å². The highest BCUT2D eigenvalue weighted by atomic mass is 16.5. The van der Waals surface area contributed by atoms with Gasteiger partial charge in [-0.25, -0.2) is 9.97 Å². The normalized spacial score (nSPS) is 16.6. The fraction of sp³-hybridized carbons (Fsp3) is 0.294. The standard InChI is InChI=1S/C17H17N3O3/c1-11-7-14-13(15(21)8-11)9-18-17(19-14)20-16(22)10-23-12-5-3-2-4-6-12/h2-6,9,11H,7-8,10H2,1H3,(H,18,19,20,22)/t11-/m0/s1. The largest absolute Gasteiger partial charge is 0.484 e. The molecule has 23 heavy (non-hydrogen) atoms. The van der Waals surface area contributed by atoms with Gasteiger partial charge in [-0.2, -0.15) is 0 Å². The predicted octanol–water partition coefficient (Wildman–Crippen LogP) is 2.26. The molecule has 2 aromatic rings. The molecule has 3 rings (SSSR count). The van der Waals surface area contributed by atoms with Crippen molar-refractivity contribution in [1.29, 1.82) is 0 Å². The number of nitrogens with zero attached hydrogens (tertiary/aromatic N) is 2. The van der Waals surface area contributed by atoms with Gasteiger partial charge in [-0.1, -0.05) is 25.1 Å². The van der Waals surface area contributed by atoms with Gasteiger partial charge >= 0.3 is 0 Å². The first-order valence-electron chi connectivity index (χ1n) is 7.48. The van der Waals surface area contributed by atoms with Crippen LogP contribution in [0.25, 0.3) is 0 Å². The summed E-state index contributed by atoms with van der Waals surface area (Å²) in [4.78, 5) is 32.1. The SMILES string of the molecule is C[C@@H]1CC(=O)c2cnc(NC(=O)COc3ccccc3)nc2C1. The first-order chi connectivity index (χ1) is 11.1. The maximum Gasteiger partial charge on any atom is 0.264 e. The van der Waals surface area contributed by atoms with Crippen molar-refractivity contribution in [3.63, 3.8) is 0 Å². The minimum Gasteiger partial charge on any atom is -0.484 e. The minimum atomic E-state index is -0.344. The summed E-state index contributed by atoms with van der Waals surface area (Å²) in [7, 11) is 0. The molecule has 0 bridgehead atoms. The average molecular weight is 311 g/mol. The molecule has 6 heteroatoms. The number of ether oxygens (including phenoxy) is 1. The topological polar surface area (TPSA) is 81.2 Å². The Morgan fingerprint density at radius 2 is 2.09 bits per heavy atom. The van der Waals surface area contributed by atoms with Crippen LogP contribution in [-0.4, -0.2) is 28.3 Å². The van der Waals surface area contributed by atoms with Crippen LogP contribution in [-0.2, 0) is 11.2 Å². The number of Topliss-reactive ketones (excluding diaryl/α,β-unsaturated/α-hetero) is 1. The number of hydrogen-bond acceptors (Lipinski definition) is 5. The molecule has 0 fully saturated rings. The van der Waals surface area contributed by atoms with E-state index in [2.05, 4.69) is 15.3 Å². The number of benzene rings is 1. The second kappa shape index (κ2) is 6.56. The number of carbonyl (C=O) groups is 2. The van der Waals surface area contributed by atoms with Gasteiger partial charge in [0, 0.05) is 12.6 Å². The molecule has 1 amide bonds. The molecule has 0 saturated carbocycles. The third-order valence-electron chi connectivity index (χ3n) is 3.61. The summed E-state index contributed by atoms with van der Waals surface area (Å²) in [6, 6.07) is 9.08. The van der Waals surface area contributed by atoms with Crippen molar-refractivity contribution in [2.24, 2.45) is 5.92 Å². The number of ketones is 1. The first kappa shape index (κ1) is 15.1. The molecule has 0 unspecified atom stereocenters. The second-order valence-electron chi connectivity index (χ2n) is 5.64. The molecule has 118 valence electrons. The average Bonchev–Trinajstić information content (AvgIpc) is 2.53. The summed E-state index contributed by atoms with van der Waals surface area (Å²) in [5.41, 5.74) is 1.25. The van der Waals surface area contributed by atoms with Crippen molar-refractivity contribution in [2.45, 2.75) is 19.8 Å². The van der Waals surface area contributed by atoms with Gasteiger partial charge < -0.3 is 4.74 Å². The molecular weight excluding hydrogens is 294 g/mol. The predicted molar refractivity (Wildman–Crippen MR) is 84.4 cm³/mol. The first-order valence-corrected chi connectivity index (χ1v) is 7.48. The van der Waals surface area contributed by atoms with Crippen LogP contribution in [0.2, 0.25) is 0 Å². The van der Waals surface area contributed by atoms with Gasteiger partial charge in [0.05, 0.1) is 11.3 Å². The van der Waals surface area contributed by atoms with Crippen molar-refractivity contribution in [3.8, 4) is 5.75 Å². The molecule has 1 N–H and O–H groups in total. The Morgan fingerprint density at radius 3 is 2.87 bits per heavy atom. The highest BCUT2D eigenvalue weighted by Gasteiger charge is 2.24. The Hall–Kier alpha value is -2.76. The molecule has 0 radical (unpaired) electrons. The lowest BCUT2D eigenvalue weighted by atomic mass is 9.88. The quantitative estimate of drug-likeness (QED) is 0.936. The highest BCUT2D eigenvalue weighted by Crippen LogP contribution is 2.23. The Morgan fingerprint density at radius 1 is 1.30 bits per heavy atom.